The molecule has 0 aromatic heterocycles. The fourth-order valence-corrected chi connectivity index (χ4v) is 3.96. The smallest absolute Gasteiger partial charge is 0.240 e. The Bertz CT molecular complexity index is 668. The quantitative estimate of drug-likeness (QED) is 0.924. The van der Waals surface area contributed by atoms with Crippen molar-refractivity contribution in [2.75, 3.05) is 11.4 Å². The number of amides is 1. The molecule has 1 aromatic carbocycles. The Morgan fingerprint density at radius 1 is 1.27 bits per heavy atom. The van der Waals surface area contributed by atoms with E-state index in [0.717, 1.165) is 24.1 Å². The van der Waals surface area contributed by atoms with Gasteiger partial charge in [0.1, 0.15) is 0 Å². The van der Waals surface area contributed by atoms with Crippen molar-refractivity contribution in [3.05, 3.63) is 23.8 Å². The Kier molecular flexibility index (Phi) is 4.92. The largest absolute Gasteiger partial charge is 0.312 e. The van der Waals surface area contributed by atoms with Crippen molar-refractivity contribution in [1.82, 2.24) is 4.72 Å². The highest BCUT2D eigenvalue weighted by Gasteiger charge is 2.24. The van der Waals surface area contributed by atoms with Gasteiger partial charge >= 0.3 is 0 Å². The number of anilines is 1. The molecule has 6 heteroatoms. The van der Waals surface area contributed by atoms with Crippen LogP contribution in [0, 0.1) is 5.92 Å². The van der Waals surface area contributed by atoms with Gasteiger partial charge in [-0.05, 0) is 49.4 Å². The van der Waals surface area contributed by atoms with Crippen molar-refractivity contribution in [2.45, 2.75) is 51.5 Å². The molecule has 1 aromatic rings. The van der Waals surface area contributed by atoms with Crippen LogP contribution in [0.25, 0.3) is 0 Å². The van der Waals surface area contributed by atoms with Gasteiger partial charge in [-0.25, -0.2) is 13.1 Å². The van der Waals surface area contributed by atoms with Gasteiger partial charge in [0.2, 0.25) is 15.9 Å². The summed E-state index contributed by atoms with van der Waals surface area (Å²) in [5, 5.41) is 0. The number of nitrogens with one attached hydrogen (secondary N) is 1. The van der Waals surface area contributed by atoms with Gasteiger partial charge in [0, 0.05) is 25.2 Å². The van der Waals surface area contributed by atoms with E-state index in [-0.39, 0.29) is 22.8 Å². The Labute approximate surface area is 132 Å². The summed E-state index contributed by atoms with van der Waals surface area (Å²) < 4.78 is 27.6. The molecule has 1 N–H and O–H groups in total. The lowest BCUT2D eigenvalue weighted by Crippen LogP contribution is -2.36. The number of benzene rings is 1. The van der Waals surface area contributed by atoms with Crippen molar-refractivity contribution in [1.29, 1.82) is 0 Å². The molecule has 0 saturated heterocycles. The molecule has 0 saturated carbocycles. The zero-order chi connectivity index (χ0) is 16.5. The number of aryl methyl sites for hydroxylation is 1. The van der Waals surface area contributed by atoms with Gasteiger partial charge in [-0.15, -0.1) is 0 Å². The lowest BCUT2D eigenvalue weighted by molar-refractivity contribution is -0.116. The Morgan fingerprint density at radius 2 is 1.95 bits per heavy atom. The summed E-state index contributed by atoms with van der Waals surface area (Å²) in [6, 6.07) is 4.88. The second kappa shape index (κ2) is 6.38. The Balaban J connectivity index is 2.33. The summed E-state index contributed by atoms with van der Waals surface area (Å²) in [6.07, 6.45) is 1.65. The molecule has 122 valence electrons. The van der Waals surface area contributed by atoms with Crippen LogP contribution in [0.4, 0.5) is 5.69 Å². The van der Waals surface area contributed by atoms with E-state index >= 15 is 0 Å². The molecule has 1 aliphatic heterocycles. The van der Waals surface area contributed by atoms with Gasteiger partial charge in [0.15, 0.2) is 0 Å². The molecule has 0 spiro atoms. The lowest BCUT2D eigenvalue weighted by atomic mass is 10.0. The highest BCUT2D eigenvalue weighted by molar-refractivity contribution is 7.89. The number of carbonyl (C=O) groups is 1. The first kappa shape index (κ1) is 17.0. The minimum absolute atomic E-state index is 0.0110. The van der Waals surface area contributed by atoms with E-state index in [2.05, 4.69) is 4.72 Å². The van der Waals surface area contributed by atoms with Gasteiger partial charge in [0.25, 0.3) is 0 Å². The Hall–Kier alpha value is -1.40. The molecule has 0 radical (unpaired) electrons. The van der Waals surface area contributed by atoms with Crippen LogP contribution in [-0.4, -0.2) is 26.9 Å². The average Bonchev–Trinajstić information content (AvgIpc) is 2.45. The molecular formula is C16H24N2O3S. The molecule has 2 rings (SSSR count). The minimum Gasteiger partial charge on any atom is -0.312 e. The van der Waals surface area contributed by atoms with Gasteiger partial charge < -0.3 is 4.90 Å². The predicted octanol–water partition coefficient (Wildman–Crippen LogP) is 2.31. The molecule has 0 fully saturated rings. The highest BCUT2D eigenvalue weighted by Crippen LogP contribution is 2.29. The number of nitrogens with zero attached hydrogens (tertiary/aromatic N) is 1. The van der Waals surface area contributed by atoms with Crippen LogP contribution in [-0.2, 0) is 21.2 Å². The second-order valence-electron chi connectivity index (χ2n) is 6.22. The zero-order valence-corrected chi connectivity index (χ0v) is 14.4. The van der Waals surface area contributed by atoms with Gasteiger partial charge in [-0.3, -0.25) is 4.79 Å². The molecule has 1 atom stereocenters. The van der Waals surface area contributed by atoms with Crippen molar-refractivity contribution in [2.24, 2.45) is 5.92 Å². The SMILES string of the molecule is CC(=O)N1CCCc2cc(S(=O)(=O)N[C@@H](C)C(C)C)ccc21. The maximum absolute atomic E-state index is 12.5. The first-order chi connectivity index (χ1) is 10.2. The standard InChI is InChI=1S/C16H24N2O3S/c1-11(2)12(3)17-22(20,21)15-7-8-16-14(10-15)6-5-9-18(16)13(4)19/h7-8,10-12,17H,5-6,9H2,1-4H3/t12-/m0/s1. The van der Waals surface area contributed by atoms with Crippen LogP contribution in [0.3, 0.4) is 0 Å². The molecule has 0 bridgehead atoms. The van der Waals surface area contributed by atoms with Crippen LogP contribution in [0.15, 0.2) is 23.1 Å². The third-order valence-electron chi connectivity index (χ3n) is 4.20. The first-order valence-corrected chi connectivity index (χ1v) is 9.14. The van der Waals surface area contributed by atoms with Crippen LogP contribution >= 0.6 is 0 Å². The normalized spacial score (nSPS) is 16.5. The number of hydrogen-bond donors (Lipinski definition) is 1. The van der Waals surface area contributed by atoms with Crippen molar-refractivity contribution in [3.8, 4) is 0 Å². The molecule has 5 nitrogen and oxygen atoms in total. The maximum atomic E-state index is 12.5. The maximum Gasteiger partial charge on any atom is 0.240 e. The predicted molar refractivity (Wildman–Crippen MR) is 87.4 cm³/mol. The van der Waals surface area contributed by atoms with Gasteiger partial charge in [-0.2, -0.15) is 0 Å². The summed E-state index contributed by atoms with van der Waals surface area (Å²) in [5.74, 6) is 0.212. The summed E-state index contributed by atoms with van der Waals surface area (Å²) >= 11 is 0. The Morgan fingerprint density at radius 3 is 2.55 bits per heavy atom. The summed E-state index contributed by atoms with van der Waals surface area (Å²) in [4.78, 5) is 13.6. The molecule has 1 aliphatic rings. The van der Waals surface area contributed by atoms with E-state index in [0.29, 0.717) is 6.54 Å². The summed E-state index contributed by atoms with van der Waals surface area (Å²) in [5.41, 5.74) is 1.75. The summed E-state index contributed by atoms with van der Waals surface area (Å²) in [7, 11) is -3.53. The van der Waals surface area contributed by atoms with Crippen LogP contribution < -0.4 is 9.62 Å². The van der Waals surface area contributed by atoms with Gasteiger partial charge in [0.05, 0.1) is 4.90 Å². The fourth-order valence-electron chi connectivity index (χ4n) is 2.52. The molecule has 0 unspecified atom stereocenters. The van der Waals surface area contributed by atoms with Crippen molar-refractivity contribution in [3.63, 3.8) is 0 Å². The third-order valence-corrected chi connectivity index (χ3v) is 5.76. The van der Waals surface area contributed by atoms with Crippen LogP contribution in [0.5, 0.6) is 0 Å². The molecule has 1 heterocycles. The van der Waals surface area contributed by atoms with E-state index in [9.17, 15) is 13.2 Å². The summed E-state index contributed by atoms with van der Waals surface area (Å²) in [6.45, 7) is 8.04. The number of fused-ring (bicyclic) bond motifs is 1. The number of hydrogen-bond acceptors (Lipinski definition) is 3. The van der Waals surface area contributed by atoms with Gasteiger partial charge in [-0.1, -0.05) is 13.8 Å². The highest BCUT2D eigenvalue weighted by atomic mass is 32.2. The van der Waals surface area contributed by atoms with E-state index in [4.69, 9.17) is 0 Å². The van der Waals surface area contributed by atoms with Crippen molar-refractivity contribution < 1.29 is 13.2 Å². The average molecular weight is 324 g/mol. The topological polar surface area (TPSA) is 66.5 Å². The number of sulfonamides is 1. The van der Waals surface area contributed by atoms with Crippen LogP contribution in [0.2, 0.25) is 0 Å². The first-order valence-electron chi connectivity index (χ1n) is 7.65. The fraction of sp³-hybridized carbons (Fsp3) is 0.562. The minimum atomic E-state index is -3.53. The third kappa shape index (κ3) is 3.50. The number of carbonyl (C=O) groups excluding carboxylic acids is 1. The molecular weight excluding hydrogens is 300 g/mol. The van der Waals surface area contributed by atoms with Crippen LogP contribution in [0.1, 0.15) is 39.7 Å². The molecule has 1 amide bonds. The van der Waals surface area contributed by atoms with E-state index in [1.54, 1.807) is 23.1 Å². The van der Waals surface area contributed by atoms with E-state index < -0.39 is 10.0 Å². The van der Waals surface area contributed by atoms with E-state index in [1.807, 2.05) is 20.8 Å². The molecule has 22 heavy (non-hydrogen) atoms. The monoisotopic (exact) mass is 324 g/mol. The number of rotatable bonds is 4. The van der Waals surface area contributed by atoms with Crippen molar-refractivity contribution >= 4 is 21.6 Å². The van der Waals surface area contributed by atoms with E-state index in [1.165, 1.54) is 6.92 Å². The molecule has 0 aliphatic carbocycles. The lowest BCUT2D eigenvalue weighted by Gasteiger charge is -2.29. The second-order valence-corrected chi connectivity index (χ2v) is 7.93. The zero-order valence-electron chi connectivity index (χ0n) is 13.6.